The Morgan fingerprint density at radius 1 is 0.460 bits per heavy atom. The van der Waals surface area contributed by atoms with E-state index in [0.717, 1.165) is 38.5 Å². The van der Waals surface area contributed by atoms with E-state index in [2.05, 4.69) is 26.0 Å². The first kappa shape index (κ1) is 61.1. The van der Waals surface area contributed by atoms with Gasteiger partial charge in [0.2, 0.25) is 0 Å². The van der Waals surface area contributed by atoms with Gasteiger partial charge in [-0.1, -0.05) is 225 Å². The summed E-state index contributed by atoms with van der Waals surface area (Å²) in [5.74, 6) is -1.45. The third-order valence-electron chi connectivity index (χ3n) is 12.7. The van der Waals surface area contributed by atoms with Crippen molar-refractivity contribution in [2.75, 3.05) is 41.0 Å². The maximum Gasteiger partial charge on any atom is 0.362 e. The standard InChI is InChI=1S/C55H105NO7/c1-6-8-10-12-14-16-18-20-22-24-26-28-30-32-34-36-38-40-42-44-46-54(58)63-51(49-61-48-47-52(55(59)60)56(3,4)5)50-62-53(57)45-43-41-39-37-35-33-31-29-27-25-23-21-19-17-15-13-11-9-7-2/h26,28,51-52H,6-25,27,29-50H2,1-5H3/p+1/b28-26+. The summed E-state index contributed by atoms with van der Waals surface area (Å²) in [6, 6.07) is -0.612. The molecule has 0 spiro atoms. The Balaban J connectivity index is 4.18. The fourth-order valence-electron chi connectivity index (χ4n) is 8.44. The van der Waals surface area contributed by atoms with Crippen LogP contribution in [0.5, 0.6) is 0 Å². The molecule has 2 atom stereocenters. The van der Waals surface area contributed by atoms with Gasteiger partial charge >= 0.3 is 17.9 Å². The molecule has 0 heterocycles. The Kier molecular flexibility index (Phi) is 45.2. The van der Waals surface area contributed by atoms with Crippen LogP contribution in [0, 0.1) is 0 Å². The lowest BCUT2D eigenvalue weighted by atomic mass is 10.0. The monoisotopic (exact) mass is 893 g/mol. The number of allylic oxidation sites excluding steroid dienone is 2. The summed E-state index contributed by atoms with van der Waals surface area (Å²) < 4.78 is 17.4. The minimum Gasteiger partial charge on any atom is -0.477 e. The number of carboxylic acid groups (broad SMARTS) is 1. The number of ether oxygens (including phenoxy) is 3. The molecule has 0 aliphatic rings. The second kappa shape index (κ2) is 46.6. The minimum absolute atomic E-state index is 0.0458. The zero-order chi connectivity index (χ0) is 46.3. The largest absolute Gasteiger partial charge is 0.477 e. The first-order valence-electron chi connectivity index (χ1n) is 27.2. The number of esters is 2. The van der Waals surface area contributed by atoms with E-state index in [9.17, 15) is 19.5 Å². The molecule has 0 saturated heterocycles. The molecule has 0 fully saturated rings. The van der Waals surface area contributed by atoms with E-state index in [0.29, 0.717) is 19.3 Å². The zero-order valence-electron chi connectivity index (χ0n) is 42.6. The molecular formula is C55H106NO7+. The number of likely N-dealkylation sites (N-methyl/N-ethyl adjacent to an activating group) is 1. The van der Waals surface area contributed by atoms with Crippen LogP contribution < -0.4 is 0 Å². The van der Waals surface area contributed by atoms with Crippen molar-refractivity contribution in [2.24, 2.45) is 0 Å². The fraction of sp³-hybridized carbons (Fsp3) is 0.909. The van der Waals surface area contributed by atoms with Gasteiger partial charge in [0.25, 0.3) is 0 Å². The highest BCUT2D eigenvalue weighted by Crippen LogP contribution is 2.17. The number of rotatable bonds is 50. The lowest BCUT2D eigenvalue weighted by Crippen LogP contribution is -2.50. The zero-order valence-corrected chi connectivity index (χ0v) is 42.6. The summed E-state index contributed by atoms with van der Waals surface area (Å²) >= 11 is 0. The number of aliphatic carboxylic acids is 1. The number of quaternary nitrogens is 1. The summed E-state index contributed by atoms with van der Waals surface area (Å²) in [7, 11) is 5.55. The van der Waals surface area contributed by atoms with Crippen LogP contribution in [0.4, 0.5) is 0 Å². The third kappa shape index (κ3) is 45.0. The second-order valence-corrected chi connectivity index (χ2v) is 19.8. The SMILES string of the molecule is CCCCCCCCCCC/C=C/CCCCCCCCCC(=O)OC(COCCC(C(=O)O)[N+](C)(C)C)COC(=O)CCCCCCCCCCCCCCCCCCCCC. The van der Waals surface area contributed by atoms with Crippen LogP contribution in [0.3, 0.4) is 0 Å². The summed E-state index contributed by atoms with van der Waals surface area (Å²) in [5.41, 5.74) is 0. The Morgan fingerprint density at radius 3 is 1.14 bits per heavy atom. The van der Waals surface area contributed by atoms with Crippen molar-refractivity contribution in [3.8, 4) is 0 Å². The first-order valence-corrected chi connectivity index (χ1v) is 27.2. The highest BCUT2D eigenvalue weighted by molar-refractivity contribution is 5.72. The van der Waals surface area contributed by atoms with E-state index in [1.165, 1.54) is 199 Å². The number of hydrogen-bond acceptors (Lipinski definition) is 6. The van der Waals surface area contributed by atoms with Crippen LogP contribution in [-0.4, -0.2) is 80.6 Å². The maximum absolute atomic E-state index is 12.8. The predicted octanol–water partition coefficient (Wildman–Crippen LogP) is 15.8. The molecule has 0 amide bonds. The van der Waals surface area contributed by atoms with Gasteiger partial charge in [-0.05, 0) is 38.5 Å². The average Bonchev–Trinajstić information content (AvgIpc) is 3.24. The van der Waals surface area contributed by atoms with Gasteiger partial charge < -0.3 is 23.8 Å². The van der Waals surface area contributed by atoms with Crippen molar-refractivity contribution in [1.29, 1.82) is 0 Å². The minimum atomic E-state index is -0.871. The molecule has 0 aromatic rings. The summed E-state index contributed by atoms with van der Waals surface area (Å²) in [6.45, 7) is 4.79. The van der Waals surface area contributed by atoms with Crippen LogP contribution in [0.25, 0.3) is 0 Å². The summed E-state index contributed by atoms with van der Waals surface area (Å²) in [6.07, 6.45) is 52.6. The Morgan fingerprint density at radius 2 is 0.794 bits per heavy atom. The molecule has 8 nitrogen and oxygen atoms in total. The number of carboxylic acids is 1. The van der Waals surface area contributed by atoms with Gasteiger partial charge in [-0.3, -0.25) is 9.59 Å². The van der Waals surface area contributed by atoms with Crippen molar-refractivity contribution in [3.63, 3.8) is 0 Å². The molecule has 2 unspecified atom stereocenters. The lowest BCUT2D eigenvalue weighted by Gasteiger charge is -2.31. The molecule has 0 rings (SSSR count). The van der Waals surface area contributed by atoms with Gasteiger partial charge in [-0.25, -0.2) is 4.79 Å². The lowest BCUT2D eigenvalue weighted by molar-refractivity contribution is -0.887. The molecule has 8 heteroatoms. The molecule has 0 aromatic heterocycles. The molecule has 1 N–H and O–H groups in total. The number of unbranched alkanes of at least 4 members (excludes halogenated alkanes) is 34. The van der Waals surface area contributed by atoms with Crippen LogP contribution in [0.1, 0.15) is 271 Å². The quantitative estimate of drug-likeness (QED) is 0.0281. The average molecular weight is 893 g/mol. The van der Waals surface area contributed by atoms with Gasteiger partial charge in [-0.2, -0.15) is 0 Å². The summed E-state index contributed by atoms with van der Waals surface area (Å²) in [4.78, 5) is 37.2. The highest BCUT2D eigenvalue weighted by Gasteiger charge is 2.31. The van der Waals surface area contributed by atoms with Crippen molar-refractivity contribution < 1.29 is 38.2 Å². The predicted molar refractivity (Wildman–Crippen MR) is 266 cm³/mol. The molecule has 0 aromatic carbocycles. The van der Waals surface area contributed by atoms with Crippen molar-refractivity contribution >= 4 is 17.9 Å². The van der Waals surface area contributed by atoms with Crippen molar-refractivity contribution in [2.45, 2.75) is 283 Å². The van der Waals surface area contributed by atoms with Crippen LogP contribution in [0.15, 0.2) is 12.2 Å². The van der Waals surface area contributed by atoms with Crippen molar-refractivity contribution in [1.82, 2.24) is 0 Å². The van der Waals surface area contributed by atoms with Crippen LogP contribution in [0.2, 0.25) is 0 Å². The van der Waals surface area contributed by atoms with E-state index in [4.69, 9.17) is 14.2 Å². The van der Waals surface area contributed by atoms with Crippen LogP contribution in [-0.2, 0) is 28.6 Å². The van der Waals surface area contributed by atoms with E-state index >= 15 is 0 Å². The third-order valence-corrected chi connectivity index (χ3v) is 12.7. The normalized spacial score (nSPS) is 12.8. The van der Waals surface area contributed by atoms with E-state index in [1.807, 2.05) is 21.1 Å². The van der Waals surface area contributed by atoms with Gasteiger partial charge in [-0.15, -0.1) is 0 Å². The molecule has 0 aliphatic carbocycles. The Labute approximate surface area is 390 Å². The van der Waals surface area contributed by atoms with E-state index in [1.54, 1.807) is 0 Å². The molecular weight excluding hydrogens is 787 g/mol. The Bertz CT molecular complexity index is 1040. The van der Waals surface area contributed by atoms with E-state index < -0.39 is 18.1 Å². The van der Waals surface area contributed by atoms with E-state index in [-0.39, 0.29) is 36.2 Å². The second-order valence-electron chi connectivity index (χ2n) is 19.8. The molecule has 0 bridgehead atoms. The maximum atomic E-state index is 12.8. The number of carbonyl (C=O) groups is 3. The highest BCUT2D eigenvalue weighted by atomic mass is 16.6. The first-order chi connectivity index (χ1) is 30.6. The van der Waals surface area contributed by atoms with Gasteiger partial charge in [0.15, 0.2) is 12.1 Å². The van der Waals surface area contributed by atoms with Crippen LogP contribution >= 0.6 is 0 Å². The summed E-state index contributed by atoms with van der Waals surface area (Å²) in [5, 5.41) is 9.66. The Hall–Kier alpha value is -1.93. The van der Waals surface area contributed by atoms with Gasteiger partial charge in [0.1, 0.15) is 6.61 Å². The molecule has 0 aliphatic heterocycles. The van der Waals surface area contributed by atoms with Gasteiger partial charge in [0.05, 0.1) is 34.4 Å². The molecule has 63 heavy (non-hydrogen) atoms. The molecule has 0 saturated carbocycles. The smallest absolute Gasteiger partial charge is 0.362 e. The van der Waals surface area contributed by atoms with Crippen molar-refractivity contribution in [3.05, 3.63) is 12.2 Å². The topological polar surface area (TPSA) is 99.1 Å². The number of carbonyl (C=O) groups excluding carboxylic acids is 2. The number of nitrogens with zero attached hydrogens (tertiary/aromatic N) is 1. The fourth-order valence-corrected chi connectivity index (χ4v) is 8.44. The molecule has 0 radical (unpaired) electrons. The molecule has 372 valence electrons. The number of hydrogen-bond donors (Lipinski definition) is 1. The van der Waals surface area contributed by atoms with Gasteiger partial charge in [0, 0.05) is 19.3 Å².